The number of carbonyl (C=O) groups excluding carboxylic acids is 1. The van der Waals surface area contributed by atoms with Gasteiger partial charge in [-0.1, -0.05) is 48.0 Å². The Balaban J connectivity index is 1.60. The van der Waals surface area contributed by atoms with Crippen LogP contribution in [0, 0.1) is 0 Å². The first-order chi connectivity index (χ1) is 19.2. The number of carbonyl (C=O) groups is 1. The number of benzene rings is 2. The van der Waals surface area contributed by atoms with Gasteiger partial charge in [0.1, 0.15) is 35.4 Å². The molecule has 5 N–H and O–H groups in total. The first-order valence-electron chi connectivity index (χ1n) is 12.7. The Morgan fingerprint density at radius 1 is 1.27 bits per heavy atom. The van der Waals surface area contributed by atoms with Crippen molar-refractivity contribution in [3.05, 3.63) is 64.2 Å². The van der Waals surface area contributed by atoms with Gasteiger partial charge in [0.15, 0.2) is 6.23 Å². The summed E-state index contributed by atoms with van der Waals surface area (Å²) in [5.74, 6) is -0.707. The molecule has 2 aromatic carbocycles. The fraction of sp³-hybridized carbons (Fsp3) is 0.423. The standard InChI is InChI=1S/C26H32ClN4O9P/c1-14(2)38-23(33)15(3)30-41(36,40-19-11-7-9-16-8-5-6-10-17(16)19)37-13-20-21(32)26(4,35)24(39-20)31-12-18(27)22(28)29-25(31)34/h5-12,14-15,20-21,24,32,35H,13H2,1-4H3,(H,30,36)(H2,28,29,34)/t15-,20-,21-,24-,26-,41-/m1/s1. The van der Waals surface area contributed by atoms with Crippen molar-refractivity contribution in [1.82, 2.24) is 14.6 Å². The molecule has 0 saturated carbocycles. The van der Waals surface area contributed by atoms with Gasteiger partial charge in [0.25, 0.3) is 0 Å². The van der Waals surface area contributed by atoms with Gasteiger partial charge in [-0.3, -0.25) is 13.9 Å². The molecule has 2 heterocycles. The van der Waals surface area contributed by atoms with Crippen LogP contribution >= 0.6 is 19.3 Å². The quantitative estimate of drug-likeness (QED) is 0.195. The topological polar surface area (TPSA) is 184 Å². The molecule has 1 saturated heterocycles. The second kappa shape index (κ2) is 12.1. The largest absolute Gasteiger partial charge is 0.462 e. The lowest BCUT2D eigenvalue weighted by molar-refractivity contribution is -0.149. The van der Waals surface area contributed by atoms with Gasteiger partial charge in [0.2, 0.25) is 0 Å². The normalized spacial score (nSPS) is 24.7. The van der Waals surface area contributed by atoms with Crippen LogP contribution in [0.1, 0.15) is 33.9 Å². The van der Waals surface area contributed by atoms with E-state index in [0.717, 1.165) is 16.2 Å². The van der Waals surface area contributed by atoms with Gasteiger partial charge in [0, 0.05) is 11.6 Å². The van der Waals surface area contributed by atoms with Gasteiger partial charge in [0.05, 0.1) is 17.7 Å². The van der Waals surface area contributed by atoms with Crippen LogP contribution in [0.25, 0.3) is 10.8 Å². The maximum absolute atomic E-state index is 14.1. The Labute approximate surface area is 240 Å². The van der Waals surface area contributed by atoms with Crippen molar-refractivity contribution in [2.24, 2.45) is 0 Å². The zero-order valence-corrected chi connectivity index (χ0v) is 24.4. The molecule has 0 bridgehead atoms. The Bertz CT molecular complexity index is 1530. The van der Waals surface area contributed by atoms with E-state index in [1.165, 1.54) is 13.8 Å². The summed E-state index contributed by atoms with van der Waals surface area (Å²) < 4.78 is 37.5. The summed E-state index contributed by atoms with van der Waals surface area (Å²) in [4.78, 5) is 28.6. The summed E-state index contributed by atoms with van der Waals surface area (Å²) >= 11 is 6.00. The minimum atomic E-state index is -4.38. The van der Waals surface area contributed by atoms with Crippen LogP contribution in [0.2, 0.25) is 5.02 Å². The molecule has 1 fully saturated rings. The van der Waals surface area contributed by atoms with Gasteiger partial charge < -0.3 is 29.9 Å². The molecule has 1 aliphatic rings. The number of hydrogen-bond acceptors (Lipinski definition) is 11. The Hall–Kier alpha value is -3.03. The highest BCUT2D eigenvalue weighted by Gasteiger charge is 2.54. The monoisotopic (exact) mass is 610 g/mol. The molecule has 4 rings (SSSR count). The molecule has 222 valence electrons. The number of aliphatic hydroxyl groups is 2. The molecule has 0 radical (unpaired) electrons. The maximum atomic E-state index is 14.1. The van der Waals surface area contributed by atoms with E-state index in [9.17, 15) is 24.4 Å². The molecule has 41 heavy (non-hydrogen) atoms. The average molecular weight is 611 g/mol. The molecule has 13 nitrogen and oxygen atoms in total. The van der Waals surface area contributed by atoms with Crippen molar-refractivity contribution >= 4 is 41.9 Å². The number of nitrogens with two attached hydrogens (primary N) is 1. The molecule has 0 aliphatic carbocycles. The summed E-state index contributed by atoms with van der Waals surface area (Å²) in [5.41, 5.74) is 2.67. The van der Waals surface area contributed by atoms with Crippen LogP contribution in [-0.2, 0) is 23.4 Å². The molecular weight excluding hydrogens is 579 g/mol. The second-order valence-electron chi connectivity index (χ2n) is 10.1. The van der Waals surface area contributed by atoms with Crippen molar-refractivity contribution in [1.29, 1.82) is 0 Å². The number of halogens is 1. The van der Waals surface area contributed by atoms with Crippen molar-refractivity contribution in [2.75, 3.05) is 12.3 Å². The highest BCUT2D eigenvalue weighted by molar-refractivity contribution is 7.52. The second-order valence-corrected chi connectivity index (χ2v) is 12.2. The number of aromatic nitrogens is 2. The average Bonchev–Trinajstić information content (AvgIpc) is 3.13. The lowest BCUT2D eigenvalue weighted by atomic mass is 9.96. The first-order valence-corrected chi connectivity index (χ1v) is 14.6. The first kappa shape index (κ1) is 30.9. The van der Waals surface area contributed by atoms with Crippen molar-refractivity contribution in [3.8, 4) is 5.75 Å². The summed E-state index contributed by atoms with van der Waals surface area (Å²) in [7, 11) is -4.38. The Morgan fingerprint density at radius 2 is 1.95 bits per heavy atom. The van der Waals surface area contributed by atoms with E-state index in [0.29, 0.717) is 5.39 Å². The minimum Gasteiger partial charge on any atom is -0.462 e. The number of aliphatic hydroxyl groups excluding tert-OH is 1. The third-order valence-corrected chi connectivity index (χ3v) is 8.30. The number of nitrogens with zero attached hydrogens (tertiary/aromatic N) is 2. The lowest BCUT2D eigenvalue weighted by Gasteiger charge is -2.27. The highest BCUT2D eigenvalue weighted by Crippen LogP contribution is 2.48. The van der Waals surface area contributed by atoms with Crippen molar-refractivity contribution < 1.29 is 38.1 Å². The predicted molar refractivity (Wildman–Crippen MR) is 150 cm³/mol. The predicted octanol–water partition coefficient (Wildman–Crippen LogP) is 2.77. The molecule has 0 spiro atoms. The molecular formula is C26H32ClN4O9P. The maximum Gasteiger partial charge on any atom is 0.459 e. The summed E-state index contributed by atoms with van der Waals surface area (Å²) in [5, 5.41) is 25.9. The van der Waals surface area contributed by atoms with Crippen LogP contribution in [-0.4, -0.2) is 62.3 Å². The number of hydrogen-bond donors (Lipinski definition) is 4. The van der Waals surface area contributed by atoms with Crippen LogP contribution in [0.5, 0.6) is 5.75 Å². The van der Waals surface area contributed by atoms with Gasteiger partial charge in [-0.15, -0.1) is 0 Å². The summed E-state index contributed by atoms with van der Waals surface area (Å²) in [6.45, 7) is 5.43. The van der Waals surface area contributed by atoms with E-state index < -0.39 is 62.2 Å². The SMILES string of the molecule is CC(C)OC(=O)[C@@H](C)N[P@@](=O)(OC[C@H]1O[C@@H](n2cc(Cl)c(N)nc2=O)[C@](C)(O)[C@@H]1O)Oc1cccc2ccccc12. The molecule has 3 aromatic rings. The number of nitrogens with one attached hydrogen (secondary N) is 1. The number of ether oxygens (including phenoxy) is 2. The van der Waals surface area contributed by atoms with Gasteiger partial charge in [-0.25, -0.2) is 9.36 Å². The molecule has 1 aromatic heterocycles. The molecule has 6 atom stereocenters. The van der Waals surface area contributed by atoms with Crippen LogP contribution in [0.4, 0.5) is 5.82 Å². The number of nitrogen functional groups attached to an aromatic ring is 1. The fourth-order valence-corrected chi connectivity index (χ4v) is 5.96. The highest BCUT2D eigenvalue weighted by atomic mass is 35.5. The smallest absolute Gasteiger partial charge is 0.459 e. The van der Waals surface area contributed by atoms with Gasteiger partial charge >= 0.3 is 19.4 Å². The number of fused-ring (bicyclic) bond motifs is 1. The van der Waals surface area contributed by atoms with Crippen molar-refractivity contribution in [2.45, 2.75) is 63.9 Å². The van der Waals surface area contributed by atoms with E-state index in [-0.39, 0.29) is 16.6 Å². The molecule has 1 aliphatic heterocycles. The number of anilines is 1. The molecule has 15 heteroatoms. The molecule has 0 amide bonds. The van der Waals surface area contributed by atoms with Crippen LogP contribution < -0.4 is 21.0 Å². The third kappa shape index (κ3) is 6.73. The zero-order chi connectivity index (χ0) is 30.1. The zero-order valence-electron chi connectivity index (χ0n) is 22.8. The third-order valence-electron chi connectivity index (χ3n) is 6.38. The number of esters is 1. The van der Waals surface area contributed by atoms with Crippen molar-refractivity contribution in [3.63, 3.8) is 0 Å². The Kier molecular flexibility index (Phi) is 9.10. The minimum absolute atomic E-state index is 0.0716. The van der Waals surface area contributed by atoms with E-state index in [1.807, 2.05) is 18.2 Å². The Morgan fingerprint density at radius 3 is 2.66 bits per heavy atom. The fourth-order valence-electron chi connectivity index (χ4n) is 4.29. The van der Waals surface area contributed by atoms with Gasteiger partial charge in [-0.2, -0.15) is 10.1 Å². The number of rotatable bonds is 10. The van der Waals surface area contributed by atoms with Gasteiger partial charge in [-0.05, 0) is 39.1 Å². The van der Waals surface area contributed by atoms with Crippen LogP contribution in [0.15, 0.2) is 53.5 Å². The van der Waals surface area contributed by atoms with E-state index >= 15 is 0 Å². The molecule has 0 unspecified atom stereocenters. The lowest BCUT2D eigenvalue weighted by Crippen LogP contribution is -2.46. The van der Waals surface area contributed by atoms with E-state index in [1.54, 1.807) is 38.1 Å². The van der Waals surface area contributed by atoms with Crippen LogP contribution in [0.3, 0.4) is 0 Å². The van der Waals surface area contributed by atoms with E-state index in [4.69, 9.17) is 35.9 Å². The van der Waals surface area contributed by atoms with E-state index in [2.05, 4.69) is 10.1 Å². The summed E-state index contributed by atoms with van der Waals surface area (Å²) in [6.07, 6.45) is -3.67. The summed E-state index contributed by atoms with van der Waals surface area (Å²) in [6, 6.07) is 11.2.